The standard InChI is InChI=1S/C19H29N3O2/c1-14(2)15-5-7-16(8-6-15)19(9-3-4-10-19)13-22-18(24)12-21-17(23)11-20/h5-8,14H,3-4,9-13,20H2,1-2H3,(H,21,23)(H,22,24). The molecule has 1 aromatic rings. The van der Waals surface area contributed by atoms with Crippen molar-refractivity contribution < 1.29 is 9.59 Å². The molecule has 0 aliphatic heterocycles. The zero-order valence-electron chi connectivity index (χ0n) is 14.7. The molecule has 1 fully saturated rings. The second-order valence-electron chi connectivity index (χ2n) is 7.02. The third-order valence-electron chi connectivity index (χ3n) is 5.01. The molecule has 0 aromatic heterocycles. The summed E-state index contributed by atoms with van der Waals surface area (Å²) in [6, 6.07) is 8.82. The SMILES string of the molecule is CC(C)c1ccc(C2(CNC(=O)CNC(=O)CN)CCCC2)cc1. The average molecular weight is 331 g/mol. The van der Waals surface area contributed by atoms with Gasteiger partial charge in [0, 0.05) is 12.0 Å². The highest BCUT2D eigenvalue weighted by Gasteiger charge is 2.35. The van der Waals surface area contributed by atoms with Gasteiger partial charge in [-0.25, -0.2) is 0 Å². The van der Waals surface area contributed by atoms with Crippen LogP contribution in [0.5, 0.6) is 0 Å². The Bertz CT molecular complexity index is 560. The van der Waals surface area contributed by atoms with Crippen LogP contribution in [0.2, 0.25) is 0 Å². The fourth-order valence-corrected chi connectivity index (χ4v) is 3.42. The number of carbonyl (C=O) groups is 2. The molecule has 5 nitrogen and oxygen atoms in total. The van der Waals surface area contributed by atoms with Gasteiger partial charge in [0.1, 0.15) is 0 Å². The van der Waals surface area contributed by atoms with Crippen LogP contribution >= 0.6 is 0 Å². The molecule has 1 saturated carbocycles. The Labute approximate surface area is 144 Å². The van der Waals surface area contributed by atoms with E-state index in [1.807, 2.05) is 0 Å². The van der Waals surface area contributed by atoms with Crippen LogP contribution in [0.25, 0.3) is 0 Å². The molecule has 0 atom stereocenters. The maximum Gasteiger partial charge on any atom is 0.239 e. The summed E-state index contributed by atoms with van der Waals surface area (Å²) in [6.45, 7) is 4.88. The van der Waals surface area contributed by atoms with Crippen molar-refractivity contribution in [2.75, 3.05) is 19.6 Å². The molecule has 0 unspecified atom stereocenters. The summed E-state index contributed by atoms with van der Waals surface area (Å²) in [4.78, 5) is 23.1. The molecule has 132 valence electrons. The van der Waals surface area contributed by atoms with Crippen LogP contribution in [0.4, 0.5) is 0 Å². The molecule has 1 aliphatic rings. The molecule has 5 heteroatoms. The Morgan fingerprint density at radius 2 is 1.71 bits per heavy atom. The normalized spacial score (nSPS) is 16.2. The smallest absolute Gasteiger partial charge is 0.239 e. The second-order valence-corrected chi connectivity index (χ2v) is 7.02. The lowest BCUT2D eigenvalue weighted by atomic mass is 9.78. The molecule has 0 spiro atoms. The third-order valence-corrected chi connectivity index (χ3v) is 5.01. The van der Waals surface area contributed by atoms with E-state index in [0.29, 0.717) is 12.5 Å². The summed E-state index contributed by atoms with van der Waals surface area (Å²) in [5, 5.41) is 5.49. The van der Waals surface area contributed by atoms with Crippen molar-refractivity contribution in [2.24, 2.45) is 5.73 Å². The quantitative estimate of drug-likeness (QED) is 0.712. The Hall–Kier alpha value is -1.88. The van der Waals surface area contributed by atoms with Gasteiger partial charge in [0.2, 0.25) is 11.8 Å². The van der Waals surface area contributed by atoms with Gasteiger partial charge in [0.15, 0.2) is 0 Å². The number of nitrogens with one attached hydrogen (secondary N) is 2. The van der Waals surface area contributed by atoms with Crippen LogP contribution < -0.4 is 16.4 Å². The summed E-state index contributed by atoms with van der Waals surface area (Å²) < 4.78 is 0. The Morgan fingerprint density at radius 3 is 2.25 bits per heavy atom. The van der Waals surface area contributed by atoms with Crippen LogP contribution in [0.3, 0.4) is 0 Å². The predicted octanol–water partition coefficient (Wildman–Crippen LogP) is 1.81. The Morgan fingerprint density at radius 1 is 1.08 bits per heavy atom. The summed E-state index contributed by atoms with van der Waals surface area (Å²) >= 11 is 0. The molecule has 1 aromatic carbocycles. The largest absolute Gasteiger partial charge is 0.354 e. The number of amides is 2. The minimum Gasteiger partial charge on any atom is -0.354 e. The molecule has 24 heavy (non-hydrogen) atoms. The van der Waals surface area contributed by atoms with Gasteiger partial charge in [-0.2, -0.15) is 0 Å². The molecular weight excluding hydrogens is 302 g/mol. The molecule has 0 bridgehead atoms. The van der Waals surface area contributed by atoms with Gasteiger partial charge in [0.25, 0.3) is 0 Å². The van der Waals surface area contributed by atoms with Crippen LogP contribution in [-0.2, 0) is 15.0 Å². The molecule has 0 radical (unpaired) electrons. The second kappa shape index (κ2) is 8.29. The van der Waals surface area contributed by atoms with Gasteiger partial charge in [-0.05, 0) is 29.9 Å². The minimum atomic E-state index is -0.315. The lowest BCUT2D eigenvalue weighted by Crippen LogP contribution is -2.44. The van der Waals surface area contributed by atoms with E-state index in [9.17, 15) is 9.59 Å². The highest BCUT2D eigenvalue weighted by atomic mass is 16.2. The predicted molar refractivity (Wildman–Crippen MR) is 95.8 cm³/mol. The first kappa shape index (κ1) is 18.5. The average Bonchev–Trinajstić information content (AvgIpc) is 3.08. The fraction of sp³-hybridized carbons (Fsp3) is 0.579. The van der Waals surface area contributed by atoms with E-state index in [4.69, 9.17) is 5.73 Å². The van der Waals surface area contributed by atoms with Crippen LogP contribution in [0.1, 0.15) is 56.6 Å². The van der Waals surface area contributed by atoms with Crippen molar-refractivity contribution >= 4 is 11.8 Å². The summed E-state index contributed by atoms with van der Waals surface area (Å²) in [7, 11) is 0. The first-order valence-corrected chi connectivity index (χ1v) is 8.81. The van der Waals surface area contributed by atoms with Crippen molar-refractivity contribution in [3.8, 4) is 0 Å². The van der Waals surface area contributed by atoms with Crippen molar-refractivity contribution in [3.05, 3.63) is 35.4 Å². The first-order valence-electron chi connectivity index (χ1n) is 8.81. The van der Waals surface area contributed by atoms with Crippen molar-refractivity contribution in [1.29, 1.82) is 0 Å². The van der Waals surface area contributed by atoms with E-state index in [2.05, 4.69) is 48.7 Å². The van der Waals surface area contributed by atoms with E-state index in [1.54, 1.807) is 0 Å². The van der Waals surface area contributed by atoms with E-state index in [0.717, 1.165) is 12.8 Å². The molecule has 2 rings (SSSR count). The van der Waals surface area contributed by atoms with Crippen molar-refractivity contribution in [1.82, 2.24) is 10.6 Å². The van der Waals surface area contributed by atoms with Crippen molar-refractivity contribution in [2.45, 2.75) is 50.9 Å². The number of rotatable bonds is 7. The zero-order valence-corrected chi connectivity index (χ0v) is 14.7. The number of hydrogen-bond acceptors (Lipinski definition) is 3. The maximum absolute atomic E-state index is 12.0. The Balaban J connectivity index is 2.00. The van der Waals surface area contributed by atoms with Crippen LogP contribution in [0.15, 0.2) is 24.3 Å². The Kier molecular flexibility index (Phi) is 6.37. The number of benzene rings is 1. The van der Waals surface area contributed by atoms with Crippen LogP contribution in [0, 0.1) is 0 Å². The van der Waals surface area contributed by atoms with Crippen LogP contribution in [-0.4, -0.2) is 31.4 Å². The van der Waals surface area contributed by atoms with E-state index in [1.165, 1.54) is 24.0 Å². The lowest BCUT2D eigenvalue weighted by molar-refractivity contribution is -0.125. The molecule has 2 amide bonds. The molecule has 1 aliphatic carbocycles. The summed E-state index contributed by atoms with van der Waals surface area (Å²) in [5.41, 5.74) is 7.87. The van der Waals surface area contributed by atoms with E-state index in [-0.39, 0.29) is 30.3 Å². The third kappa shape index (κ3) is 4.57. The number of nitrogens with two attached hydrogens (primary N) is 1. The fourth-order valence-electron chi connectivity index (χ4n) is 3.42. The topological polar surface area (TPSA) is 84.2 Å². The van der Waals surface area contributed by atoms with Gasteiger partial charge in [0.05, 0.1) is 13.1 Å². The van der Waals surface area contributed by atoms with E-state index >= 15 is 0 Å². The molecule has 0 saturated heterocycles. The number of hydrogen-bond donors (Lipinski definition) is 3. The van der Waals surface area contributed by atoms with Gasteiger partial charge >= 0.3 is 0 Å². The van der Waals surface area contributed by atoms with E-state index < -0.39 is 0 Å². The minimum absolute atomic E-state index is 0.0155. The highest BCUT2D eigenvalue weighted by Crippen LogP contribution is 2.40. The van der Waals surface area contributed by atoms with Gasteiger partial charge < -0.3 is 16.4 Å². The maximum atomic E-state index is 12.0. The van der Waals surface area contributed by atoms with Gasteiger partial charge in [-0.3, -0.25) is 9.59 Å². The van der Waals surface area contributed by atoms with Crippen molar-refractivity contribution in [3.63, 3.8) is 0 Å². The van der Waals surface area contributed by atoms with Gasteiger partial charge in [-0.15, -0.1) is 0 Å². The monoisotopic (exact) mass is 331 g/mol. The zero-order chi connectivity index (χ0) is 17.6. The first-order chi connectivity index (χ1) is 11.5. The van der Waals surface area contributed by atoms with Gasteiger partial charge in [-0.1, -0.05) is 51.0 Å². The molecule has 0 heterocycles. The summed E-state index contributed by atoms with van der Waals surface area (Å²) in [5.74, 6) is 0.0383. The summed E-state index contributed by atoms with van der Waals surface area (Å²) in [6.07, 6.45) is 4.55. The molecular formula is C19H29N3O2. The highest BCUT2D eigenvalue weighted by molar-refractivity contribution is 5.85. The number of carbonyl (C=O) groups excluding carboxylic acids is 2. The lowest BCUT2D eigenvalue weighted by Gasteiger charge is -2.30. The molecule has 4 N–H and O–H groups in total.